The zero-order chi connectivity index (χ0) is 36.7. The van der Waals surface area contributed by atoms with E-state index in [0.29, 0.717) is 6.42 Å². The van der Waals surface area contributed by atoms with E-state index < -0.39 is 49.5 Å². The summed E-state index contributed by atoms with van der Waals surface area (Å²) in [6.07, 6.45) is 29.3. The number of aliphatic hydroxyl groups is 5. The van der Waals surface area contributed by atoms with Gasteiger partial charge in [0.2, 0.25) is 5.91 Å². The summed E-state index contributed by atoms with van der Waals surface area (Å²) in [5.74, 6) is -0.185. The van der Waals surface area contributed by atoms with E-state index in [1.54, 1.807) is 6.08 Å². The third-order valence-corrected chi connectivity index (χ3v) is 9.77. The van der Waals surface area contributed by atoms with Crippen molar-refractivity contribution in [3.63, 3.8) is 0 Å². The van der Waals surface area contributed by atoms with Gasteiger partial charge in [0.25, 0.3) is 0 Å². The van der Waals surface area contributed by atoms with Gasteiger partial charge in [-0.1, -0.05) is 147 Å². The first-order valence-corrected chi connectivity index (χ1v) is 20.6. The van der Waals surface area contributed by atoms with Crippen LogP contribution in [0.25, 0.3) is 0 Å². The van der Waals surface area contributed by atoms with Crippen LogP contribution in [0.2, 0.25) is 0 Å². The molecule has 0 aromatic carbocycles. The molecule has 1 amide bonds. The number of aliphatic hydroxyl groups excluding tert-OH is 5. The summed E-state index contributed by atoms with van der Waals surface area (Å²) in [4.78, 5) is 12.9. The normalized spacial score (nSPS) is 22.4. The number of hydrogen-bond acceptors (Lipinski definition) is 8. The molecule has 0 spiro atoms. The van der Waals surface area contributed by atoms with Crippen molar-refractivity contribution in [2.24, 2.45) is 0 Å². The van der Waals surface area contributed by atoms with Crippen molar-refractivity contribution in [2.75, 3.05) is 13.2 Å². The van der Waals surface area contributed by atoms with Crippen LogP contribution in [0.3, 0.4) is 0 Å². The highest BCUT2D eigenvalue weighted by atomic mass is 16.7. The molecule has 1 rings (SSSR count). The molecule has 294 valence electrons. The summed E-state index contributed by atoms with van der Waals surface area (Å²) in [6, 6.07) is -0.801. The molecule has 2 unspecified atom stereocenters. The molecular formula is C41H77NO8. The molecule has 0 aliphatic carbocycles. The number of carbonyl (C=O) groups is 1. The maximum Gasteiger partial charge on any atom is 0.220 e. The van der Waals surface area contributed by atoms with Crippen LogP contribution in [0.4, 0.5) is 0 Å². The van der Waals surface area contributed by atoms with Crippen LogP contribution in [0, 0.1) is 0 Å². The van der Waals surface area contributed by atoms with E-state index in [1.807, 2.05) is 6.08 Å². The van der Waals surface area contributed by atoms with E-state index in [1.165, 1.54) is 109 Å². The molecule has 1 saturated heterocycles. The highest BCUT2D eigenvalue weighted by molar-refractivity contribution is 5.76. The molecule has 0 radical (unpaired) electrons. The Hall–Kier alpha value is -1.33. The summed E-state index contributed by atoms with van der Waals surface area (Å²) < 4.78 is 11.2. The van der Waals surface area contributed by atoms with Gasteiger partial charge in [0, 0.05) is 6.42 Å². The fraction of sp³-hybridized carbons (Fsp3) is 0.878. The lowest BCUT2D eigenvalue weighted by atomic mass is 9.99. The standard InChI is InChI=1S/C41H77NO8/c1-3-5-7-9-11-13-15-16-17-18-19-20-21-23-25-27-29-31-37(45)42-34(33-49-41-40(48)39(47)38(46)36(32-43)50-41)35(44)30-28-26-24-22-14-12-10-8-6-4-2/h16-17,28,30,34-36,38-41,43-44,46-48H,3-15,18-27,29,31-33H2,1-2H3,(H,42,45)/b17-16+,30-28+/t34-,35+,36-,38-,39?,40?,41-/m0/s1. The molecule has 9 nitrogen and oxygen atoms in total. The third kappa shape index (κ3) is 23.3. The Labute approximate surface area is 305 Å². The van der Waals surface area contributed by atoms with Gasteiger partial charge in [-0.3, -0.25) is 4.79 Å². The van der Waals surface area contributed by atoms with Gasteiger partial charge in [-0.2, -0.15) is 0 Å². The molecule has 9 heteroatoms. The maximum absolute atomic E-state index is 12.9. The number of rotatable bonds is 33. The van der Waals surface area contributed by atoms with Gasteiger partial charge < -0.3 is 40.3 Å². The van der Waals surface area contributed by atoms with Crippen LogP contribution in [0.1, 0.15) is 174 Å². The number of amides is 1. The van der Waals surface area contributed by atoms with Crippen LogP contribution in [-0.2, 0) is 14.3 Å². The van der Waals surface area contributed by atoms with Crippen molar-refractivity contribution >= 4 is 5.91 Å². The average molecular weight is 712 g/mol. The Kier molecular flexibility index (Phi) is 30.2. The Morgan fingerprint density at radius 2 is 1.12 bits per heavy atom. The van der Waals surface area contributed by atoms with Crippen molar-refractivity contribution in [1.29, 1.82) is 0 Å². The van der Waals surface area contributed by atoms with Gasteiger partial charge >= 0.3 is 0 Å². The first-order valence-electron chi connectivity index (χ1n) is 20.6. The van der Waals surface area contributed by atoms with E-state index in [9.17, 15) is 30.3 Å². The molecule has 1 aliphatic rings. The first kappa shape index (κ1) is 46.7. The molecule has 0 aromatic rings. The highest BCUT2D eigenvalue weighted by Crippen LogP contribution is 2.22. The summed E-state index contributed by atoms with van der Waals surface area (Å²) in [5, 5.41) is 53.9. The molecule has 1 fully saturated rings. The topological polar surface area (TPSA) is 149 Å². The van der Waals surface area contributed by atoms with E-state index >= 15 is 0 Å². The molecule has 6 N–H and O–H groups in total. The molecule has 1 heterocycles. The number of ether oxygens (including phenoxy) is 2. The predicted octanol–water partition coefficient (Wildman–Crippen LogP) is 7.55. The molecule has 1 aliphatic heterocycles. The fourth-order valence-corrected chi connectivity index (χ4v) is 6.38. The zero-order valence-corrected chi connectivity index (χ0v) is 31.9. The Balaban J connectivity index is 2.38. The van der Waals surface area contributed by atoms with E-state index in [0.717, 1.165) is 44.9 Å². The number of carbonyl (C=O) groups excluding carboxylic acids is 1. The zero-order valence-electron chi connectivity index (χ0n) is 31.9. The second-order valence-electron chi connectivity index (χ2n) is 14.4. The molecular weight excluding hydrogens is 634 g/mol. The molecule has 0 aromatic heterocycles. The van der Waals surface area contributed by atoms with Gasteiger partial charge in [0.1, 0.15) is 24.4 Å². The van der Waals surface area contributed by atoms with Crippen LogP contribution < -0.4 is 5.32 Å². The lowest BCUT2D eigenvalue weighted by Crippen LogP contribution is -2.60. The fourth-order valence-electron chi connectivity index (χ4n) is 6.38. The lowest BCUT2D eigenvalue weighted by Gasteiger charge is -2.40. The van der Waals surface area contributed by atoms with Gasteiger partial charge in [-0.25, -0.2) is 0 Å². The quantitative estimate of drug-likeness (QED) is 0.0302. The Morgan fingerprint density at radius 1 is 0.660 bits per heavy atom. The largest absolute Gasteiger partial charge is 0.394 e. The first-order chi connectivity index (χ1) is 24.3. The lowest BCUT2D eigenvalue weighted by molar-refractivity contribution is -0.302. The third-order valence-electron chi connectivity index (χ3n) is 9.77. The minimum absolute atomic E-state index is 0.185. The van der Waals surface area contributed by atoms with Crippen molar-refractivity contribution in [2.45, 2.75) is 217 Å². The number of allylic oxidation sites excluding steroid dienone is 3. The minimum Gasteiger partial charge on any atom is -0.394 e. The van der Waals surface area contributed by atoms with Crippen LogP contribution in [0.15, 0.2) is 24.3 Å². The van der Waals surface area contributed by atoms with Crippen molar-refractivity contribution < 1.29 is 39.8 Å². The van der Waals surface area contributed by atoms with E-state index in [4.69, 9.17) is 9.47 Å². The predicted molar refractivity (Wildman–Crippen MR) is 203 cm³/mol. The highest BCUT2D eigenvalue weighted by Gasteiger charge is 2.44. The summed E-state index contributed by atoms with van der Waals surface area (Å²) in [5.41, 5.74) is 0. The summed E-state index contributed by atoms with van der Waals surface area (Å²) in [7, 11) is 0. The van der Waals surface area contributed by atoms with E-state index in [2.05, 4.69) is 31.3 Å². The van der Waals surface area contributed by atoms with E-state index in [-0.39, 0.29) is 12.5 Å². The van der Waals surface area contributed by atoms with Gasteiger partial charge in [-0.15, -0.1) is 0 Å². The number of hydrogen-bond donors (Lipinski definition) is 6. The number of unbranched alkanes of at least 4 members (excludes halogenated alkanes) is 21. The summed E-state index contributed by atoms with van der Waals surface area (Å²) in [6.45, 7) is 3.73. The van der Waals surface area contributed by atoms with Crippen molar-refractivity contribution in [1.82, 2.24) is 5.32 Å². The van der Waals surface area contributed by atoms with Crippen LogP contribution in [0.5, 0.6) is 0 Å². The van der Waals surface area contributed by atoms with Gasteiger partial charge in [-0.05, 0) is 44.9 Å². The van der Waals surface area contributed by atoms with Crippen molar-refractivity contribution in [3.05, 3.63) is 24.3 Å². The van der Waals surface area contributed by atoms with Crippen LogP contribution >= 0.6 is 0 Å². The molecule has 7 atom stereocenters. The minimum atomic E-state index is -1.56. The SMILES string of the molecule is CCCCCCCC/C=C/CCCCCCCCCC(=O)N[C@@H](CO[C@H]1O[C@@H](CO)[C@H](O)C(O)C1O)[C@H](O)/C=C/CCCCCCCCCC. The average Bonchev–Trinajstić information content (AvgIpc) is 3.11. The summed E-state index contributed by atoms with van der Waals surface area (Å²) >= 11 is 0. The van der Waals surface area contributed by atoms with Gasteiger partial charge in [0.05, 0.1) is 25.4 Å². The second kappa shape index (κ2) is 32.3. The Morgan fingerprint density at radius 3 is 1.62 bits per heavy atom. The molecule has 50 heavy (non-hydrogen) atoms. The molecule has 0 bridgehead atoms. The van der Waals surface area contributed by atoms with Gasteiger partial charge in [0.15, 0.2) is 6.29 Å². The number of nitrogens with one attached hydrogen (secondary N) is 1. The second-order valence-corrected chi connectivity index (χ2v) is 14.4. The van der Waals surface area contributed by atoms with Crippen LogP contribution in [-0.4, -0.2) is 87.5 Å². The Bertz CT molecular complexity index is 837. The molecule has 0 saturated carbocycles. The van der Waals surface area contributed by atoms with Crippen molar-refractivity contribution in [3.8, 4) is 0 Å². The smallest absolute Gasteiger partial charge is 0.220 e. The maximum atomic E-state index is 12.9. The monoisotopic (exact) mass is 712 g/mol.